The van der Waals surface area contributed by atoms with Crippen LogP contribution in [0, 0.1) is 23.7 Å². The van der Waals surface area contributed by atoms with Crippen molar-refractivity contribution in [2.45, 2.75) is 63.9 Å². The van der Waals surface area contributed by atoms with Gasteiger partial charge in [0.05, 0.1) is 0 Å². The largest absolute Gasteiger partial charge is 0.508 e. The third-order valence-corrected chi connectivity index (χ3v) is 6.90. The number of carbonyl (C=O) groups is 1. The Hall–Kier alpha value is -1.71. The van der Waals surface area contributed by atoms with Crippen molar-refractivity contribution in [2.75, 3.05) is 6.54 Å². The van der Waals surface area contributed by atoms with Crippen molar-refractivity contribution in [1.29, 1.82) is 0 Å². The number of amides is 1. The molecule has 2 N–H and O–H groups in total. The molecule has 0 unspecified atom stereocenters. The number of ether oxygens (including phenoxy) is 1. The van der Waals surface area contributed by atoms with Crippen molar-refractivity contribution in [2.24, 2.45) is 23.7 Å². The number of nitrogens with one attached hydrogen (secondary N) is 1. The summed E-state index contributed by atoms with van der Waals surface area (Å²) in [7, 11) is 0. The van der Waals surface area contributed by atoms with Crippen LogP contribution < -0.4 is 5.32 Å². The van der Waals surface area contributed by atoms with E-state index in [9.17, 15) is 9.90 Å². The van der Waals surface area contributed by atoms with Crippen LogP contribution >= 0.6 is 0 Å². The molecule has 0 aromatic heterocycles. The lowest BCUT2D eigenvalue weighted by Crippen LogP contribution is -2.60. The number of aromatic hydroxyl groups is 1. The Morgan fingerprint density at radius 3 is 2.31 bits per heavy atom. The molecule has 4 heteroatoms. The third-order valence-electron chi connectivity index (χ3n) is 6.90. The molecule has 5 rings (SSSR count). The molecule has 0 heterocycles. The predicted octanol–water partition coefficient (Wildman–Crippen LogP) is 4.61. The van der Waals surface area contributed by atoms with Crippen LogP contribution in [0.25, 0.3) is 0 Å². The van der Waals surface area contributed by atoms with E-state index in [0.29, 0.717) is 24.1 Å². The quantitative estimate of drug-likeness (QED) is 0.830. The molecule has 0 saturated heterocycles. The Kier molecular flexibility index (Phi) is 4.20. The fraction of sp³-hybridized carbons (Fsp3) is 0.682. The maximum atomic E-state index is 12.4. The molecule has 4 bridgehead atoms. The zero-order chi connectivity index (χ0) is 18.5. The molecule has 1 aromatic rings. The Morgan fingerprint density at radius 2 is 1.77 bits per heavy atom. The van der Waals surface area contributed by atoms with Gasteiger partial charge in [0.25, 0.3) is 0 Å². The highest BCUT2D eigenvalue weighted by molar-refractivity contribution is 5.68. The number of rotatable bonds is 3. The lowest BCUT2D eigenvalue weighted by molar-refractivity contribution is -0.0607. The van der Waals surface area contributed by atoms with Crippen molar-refractivity contribution in [3.63, 3.8) is 0 Å². The average Bonchev–Trinajstić information content (AvgIpc) is 2.52. The second-order valence-corrected chi connectivity index (χ2v) is 9.75. The van der Waals surface area contributed by atoms with E-state index in [1.54, 1.807) is 6.07 Å². The van der Waals surface area contributed by atoms with Gasteiger partial charge in [-0.05, 0) is 94.2 Å². The minimum Gasteiger partial charge on any atom is -0.508 e. The first kappa shape index (κ1) is 17.7. The molecular weight excluding hydrogens is 326 g/mol. The third kappa shape index (κ3) is 3.08. The molecule has 142 valence electrons. The van der Waals surface area contributed by atoms with E-state index >= 15 is 0 Å². The molecule has 4 aliphatic rings. The van der Waals surface area contributed by atoms with Crippen LogP contribution in [0.2, 0.25) is 0 Å². The number of benzene rings is 1. The lowest BCUT2D eigenvalue weighted by Gasteiger charge is -2.61. The Labute approximate surface area is 156 Å². The van der Waals surface area contributed by atoms with Crippen molar-refractivity contribution >= 4 is 6.09 Å². The summed E-state index contributed by atoms with van der Waals surface area (Å²) in [5.74, 6) is 3.17. The van der Waals surface area contributed by atoms with Gasteiger partial charge in [-0.25, -0.2) is 4.79 Å². The second kappa shape index (κ2) is 6.17. The van der Waals surface area contributed by atoms with E-state index in [0.717, 1.165) is 11.8 Å². The number of hydrogen-bond acceptors (Lipinski definition) is 3. The number of phenolic OH excluding ortho intramolecular Hbond substituents is 1. The summed E-state index contributed by atoms with van der Waals surface area (Å²) in [6, 6.07) is 7.72. The molecule has 4 nitrogen and oxygen atoms in total. The number of phenols is 1. The standard InChI is InChI=1S/C22H31NO3/c1-21(2,3)26-20(25)23-13-22(16-5-4-6-19(24)12-16)17-8-14-7-15(10-17)11-18(22)9-14/h4-6,12,14-15,17-18,24H,7-11,13H2,1-3H3,(H,23,25). The molecule has 0 aliphatic heterocycles. The maximum absolute atomic E-state index is 12.4. The summed E-state index contributed by atoms with van der Waals surface area (Å²) in [6.07, 6.45) is 6.04. The first-order valence-corrected chi connectivity index (χ1v) is 10.0. The van der Waals surface area contributed by atoms with Crippen LogP contribution in [0.5, 0.6) is 5.75 Å². The summed E-state index contributed by atoms with van der Waals surface area (Å²) in [5, 5.41) is 13.2. The first-order valence-electron chi connectivity index (χ1n) is 10.0. The molecule has 1 amide bonds. The molecule has 1 aromatic carbocycles. The smallest absolute Gasteiger partial charge is 0.407 e. The fourth-order valence-corrected chi connectivity index (χ4v) is 6.22. The Bertz CT molecular complexity index is 663. The van der Waals surface area contributed by atoms with Gasteiger partial charge in [0.1, 0.15) is 11.4 Å². The highest BCUT2D eigenvalue weighted by Gasteiger charge is 2.57. The van der Waals surface area contributed by atoms with Gasteiger partial charge in [-0.3, -0.25) is 0 Å². The van der Waals surface area contributed by atoms with Gasteiger partial charge in [0, 0.05) is 12.0 Å². The summed E-state index contributed by atoms with van der Waals surface area (Å²) in [5.41, 5.74) is 0.609. The van der Waals surface area contributed by atoms with Gasteiger partial charge in [-0.15, -0.1) is 0 Å². The van der Waals surface area contributed by atoms with E-state index in [1.807, 2.05) is 32.9 Å². The zero-order valence-corrected chi connectivity index (χ0v) is 16.1. The molecule has 4 aliphatic carbocycles. The van der Waals surface area contributed by atoms with Crippen LogP contribution in [-0.2, 0) is 10.2 Å². The van der Waals surface area contributed by atoms with Crippen LogP contribution in [0.15, 0.2) is 24.3 Å². The van der Waals surface area contributed by atoms with Gasteiger partial charge in [-0.2, -0.15) is 0 Å². The number of hydrogen-bond donors (Lipinski definition) is 2. The lowest BCUT2D eigenvalue weighted by atomic mass is 9.43. The molecule has 26 heavy (non-hydrogen) atoms. The average molecular weight is 357 g/mol. The van der Waals surface area contributed by atoms with E-state index < -0.39 is 5.60 Å². The SMILES string of the molecule is CC(C)(C)OC(=O)NCC1(c2cccc(O)c2)C2CC3CC(C2)CC1C3. The minimum absolute atomic E-state index is 0.0803. The van der Waals surface area contributed by atoms with Crippen LogP contribution in [0.1, 0.15) is 58.4 Å². The van der Waals surface area contributed by atoms with E-state index in [2.05, 4.69) is 11.4 Å². The highest BCUT2D eigenvalue weighted by atomic mass is 16.6. The highest BCUT2D eigenvalue weighted by Crippen LogP contribution is 2.62. The number of alkyl carbamates (subject to hydrolysis) is 1. The topological polar surface area (TPSA) is 58.6 Å². The van der Waals surface area contributed by atoms with Gasteiger partial charge >= 0.3 is 6.09 Å². The van der Waals surface area contributed by atoms with Crippen LogP contribution in [0.3, 0.4) is 0 Å². The van der Waals surface area contributed by atoms with E-state index in [-0.39, 0.29) is 11.5 Å². The zero-order valence-electron chi connectivity index (χ0n) is 16.1. The summed E-state index contributed by atoms with van der Waals surface area (Å²) >= 11 is 0. The van der Waals surface area contributed by atoms with E-state index in [4.69, 9.17) is 4.74 Å². The van der Waals surface area contributed by atoms with Gasteiger partial charge in [0.2, 0.25) is 0 Å². The maximum Gasteiger partial charge on any atom is 0.407 e. The van der Waals surface area contributed by atoms with Gasteiger partial charge in [0.15, 0.2) is 0 Å². The number of carbonyl (C=O) groups excluding carboxylic acids is 1. The van der Waals surface area contributed by atoms with Crippen molar-refractivity contribution in [3.05, 3.63) is 29.8 Å². The Morgan fingerprint density at radius 1 is 1.15 bits per heavy atom. The van der Waals surface area contributed by atoms with Crippen molar-refractivity contribution in [3.8, 4) is 5.75 Å². The molecular formula is C22H31NO3. The normalized spacial score (nSPS) is 35.3. The van der Waals surface area contributed by atoms with Crippen LogP contribution in [-0.4, -0.2) is 23.3 Å². The summed E-state index contributed by atoms with van der Waals surface area (Å²) < 4.78 is 5.49. The Balaban J connectivity index is 1.64. The monoisotopic (exact) mass is 357 g/mol. The molecule has 0 spiro atoms. The summed E-state index contributed by atoms with van der Waals surface area (Å²) in [4.78, 5) is 12.4. The molecule has 0 radical (unpaired) electrons. The second-order valence-electron chi connectivity index (χ2n) is 9.75. The summed E-state index contributed by atoms with van der Waals surface area (Å²) in [6.45, 7) is 6.27. The van der Waals surface area contributed by atoms with Crippen LogP contribution in [0.4, 0.5) is 4.79 Å². The predicted molar refractivity (Wildman–Crippen MR) is 101 cm³/mol. The van der Waals surface area contributed by atoms with E-state index in [1.165, 1.54) is 37.7 Å². The van der Waals surface area contributed by atoms with Gasteiger partial charge in [-0.1, -0.05) is 12.1 Å². The van der Waals surface area contributed by atoms with Gasteiger partial charge < -0.3 is 15.2 Å². The minimum atomic E-state index is -0.494. The first-order chi connectivity index (χ1) is 12.3. The van der Waals surface area contributed by atoms with Crippen molar-refractivity contribution in [1.82, 2.24) is 5.32 Å². The van der Waals surface area contributed by atoms with Crippen molar-refractivity contribution < 1.29 is 14.6 Å². The fourth-order valence-electron chi connectivity index (χ4n) is 6.22. The molecule has 4 saturated carbocycles. The molecule has 0 atom stereocenters. The molecule has 4 fully saturated rings.